The molecule has 0 radical (unpaired) electrons. The monoisotopic (exact) mass is 645 g/mol. The lowest BCUT2D eigenvalue weighted by Gasteiger charge is -2.46. The van der Waals surface area contributed by atoms with Crippen molar-refractivity contribution in [1.82, 2.24) is 10.8 Å². The number of thioether (sulfide) groups is 1. The normalized spacial score (nSPS) is 38.1. The van der Waals surface area contributed by atoms with Gasteiger partial charge in [0, 0.05) is 32.1 Å². The number of hydrogen-bond acceptors (Lipinski definition) is 14. The molecule has 0 bridgehead atoms. The Labute approximate surface area is 262 Å². The average Bonchev–Trinajstić information content (AvgIpc) is 2.98. The zero-order chi connectivity index (χ0) is 32.0. The first-order valence-corrected chi connectivity index (χ1v) is 16.3. The molecule has 14 nitrogen and oxygen atoms in total. The van der Waals surface area contributed by atoms with Crippen LogP contribution < -0.4 is 10.8 Å². The number of nitro groups is 1. The number of aliphatic hydroxyl groups is 2. The fourth-order valence-corrected chi connectivity index (χ4v) is 6.77. The van der Waals surface area contributed by atoms with Gasteiger partial charge in [-0.2, -0.15) is 17.2 Å². The first kappa shape index (κ1) is 35.4. The topological polar surface area (TPSA) is 172 Å². The van der Waals surface area contributed by atoms with Crippen molar-refractivity contribution in [2.75, 3.05) is 20.0 Å². The summed E-state index contributed by atoms with van der Waals surface area (Å²) in [7, 11) is 1.63. The number of hydroxylamine groups is 1. The summed E-state index contributed by atoms with van der Waals surface area (Å²) in [5, 5.41) is 37.1. The summed E-state index contributed by atoms with van der Waals surface area (Å²) < 4.78 is 36.2. The minimum atomic E-state index is -1.21. The Morgan fingerprint density at radius 1 is 1.14 bits per heavy atom. The molecule has 0 unspecified atom stereocenters. The molecule has 3 fully saturated rings. The molecule has 3 aliphatic rings. The fourth-order valence-electron chi connectivity index (χ4n) is 5.89. The summed E-state index contributed by atoms with van der Waals surface area (Å²) in [6.07, 6.45) is -4.01. The van der Waals surface area contributed by atoms with Crippen LogP contribution in [-0.2, 0) is 39.9 Å². The van der Waals surface area contributed by atoms with Crippen molar-refractivity contribution >= 4 is 17.4 Å². The summed E-state index contributed by atoms with van der Waals surface area (Å²) in [5.41, 5.74) is 3.15. The fraction of sp³-hybridized carbons (Fsp3) is 0.793. The van der Waals surface area contributed by atoms with Gasteiger partial charge in [-0.25, -0.2) is 0 Å². The van der Waals surface area contributed by atoms with Gasteiger partial charge in [0.1, 0.15) is 12.2 Å². The predicted octanol–water partition coefficient (Wildman–Crippen LogP) is 1.85. The summed E-state index contributed by atoms with van der Waals surface area (Å²) >= 11 is 1.53. The van der Waals surface area contributed by atoms with E-state index in [0.717, 1.165) is 0 Å². The van der Waals surface area contributed by atoms with Gasteiger partial charge in [0.25, 0.3) is 5.69 Å². The molecule has 3 saturated heterocycles. The second kappa shape index (κ2) is 16.4. The van der Waals surface area contributed by atoms with E-state index < -0.39 is 54.3 Å². The molecule has 4 rings (SSSR count). The molecule has 3 aliphatic heterocycles. The van der Waals surface area contributed by atoms with Crippen molar-refractivity contribution in [3.8, 4) is 0 Å². The molecule has 0 saturated carbocycles. The number of nitro benzene ring substituents is 1. The van der Waals surface area contributed by atoms with Gasteiger partial charge >= 0.3 is 0 Å². The Balaban J connectivity index is 1.47. The maximum absolute atomic E-state index is 11.6. The lowest BCUT2D eigenvalue weighted by Crippen LogP contribution is -2.64. The molecule has 0 spiro atoms. The predicted molar refractivity (Wildman–Crippen MR) is 161 cm³/mol. The Morgan fingerprint density at radius 3 is 2.55 bits per heavy atom. The molecule has 44 heavy (non-hydrogen) atoms. The average molecular weight is 646 g/mol. The molecule has 4 N–H and O–H groups in total. The molecule has 1 aromatic rings. The van der Waals surface area contributed by atoms with Gasteiger partial charge in [-0.3, -0.25) is 15.0 Å². The van der Waals surface area contributed by atoms with Crippen molar-refractivity contribution in [2.24, 2.45) is 0 Å². The van der Waals surface area contributed by atoms with Crippen molar-refractivity contribution in [1.29, 1.82) is 0 Å². The highest BCUT2D eigenvalue weighted by Gasteiger charge is 2.48. The van der Waals surface area contributed by atoms with E-state index in [1.165, 1.54) is 17.8 Å². The molecule has 0 aliphatic carbocycles. The molecular weight excluding hydrogens is 598 g/mol. The van der Waals surface area contributed by atoms with Crippen LogP contribution in [0.5, 0.6) is 0 Å². The number of benzene rings is 1. The van der Waals surface area contributed by atoms with Crippen LogP contribution >= 0.6 is 11.8 Å². The van der Waals surface area contributed by atoms with Crippen LogP contribution in [0.25, 0.3) is 0 Å². The minimum Gasteiger partial charge on any atom is -0.392 e. The minimum absolute atomic E-state index is 0.0418. The summed E-state index contributed by atoms with van der Waals surface area (Å²) in [6.45, 7) is 7.88. The summed E-state index contributed by atoms with van der Waals surface area (Å²) in [6, 6.07) is 5.67. The lowest BCUT2D eigenvalue weighted by molar-refractivity contribution is -0.386. The van der Waals surface area contributed by atoms with Crippen LogP contribution in [0.1, 0.15) is 46.1 Å². The van der Waals surface area contributed by atoms with Crippen LogP contribution in [-0.4, -0.2) is 114 Å². The highest BCUT2D eigenvalue weighted by molar-refractivity contribution is 7.99. The number of nitrogens with one attached hydrogen (secondary N) is 2. The zero-order valence-corrected chi connectivity index (χ0v) is 26.9. The van der Waals surface area contributed by atoms with Crippen LogP contribution in [0, 0.1) is 10.1 Å². The molecule has 15 heteroatoms. The summed E-state index contributed by atoms with van der Waals surface area (Å²) in [5.74, 6) is 0. The molecule has 0 aromatic heterocycles. The Morgan fingerprint density at radius 2 is 1.89 bits per heavy atom. The molecule has 1 aromatic carbocycles. The van der Waals surface area contributed by atoms with Gasteiger partial charge in [0.15, 0.2) is 18.9 Å². The Bertz CT molecular complexity index is 1050. The number of aliphatic hydroxyl groups excluding tert-OH is 2. The van der Waals surface area contributed by atoms with Crippen molar-refractivity contribution in [3.05, 3.63) is 39.9 Å². The SMILES string of the molecule is CO[C@H]1C[C@H](O[C@H]2[C@H](OCc3ccccc3[N+](=O)[O-])O[C@H](C)[C@@H](NO[C@H]3C[C@H](O)[C@H](SC)[C@@H](C)O3)[C@H]2O)OC[C@@H]1NC(C)C. The number of para-hydroxylation sites is 1. The standard InChI is InChI=1S/C29H47N3O11S/c1-15(2)30-19-14-38-23(12-22(19)37-5)42-27-26(34)25(31-43-24-11-21(33)28(44-6)17(4)40-24)16(3)41-29(27)39-13-18-9-7-8-10-20(18)32(35)36/h7-10,15-17,19,21-31,33-34H,11-14H2,1-6H3/t16-,17-,19+,21+,22+,23+,24+,25-,26-,27-,28-,29-/m1/s1. The van der Waals surface area contributed by atoms with E-state index in [1.54, 1.807) is 32.2 Å². The van der Waals surface area contributed by atoms with Crippen molar-refractivity contribution in [2.45, 2.75) is 126 Å². The van der Waals surface area contributed by atoms with E-state index in [1.807, 2.05) is 27.0 Å². The number of rotatable bonds is 13. The van der Waals surface area contributed by atoms with E-state index in [0.29, 0.717) is 18.6 Å². The maximum Gasteiger partial charge on any atom is 0.274 e. The van der Waals surface area contributed by atoms with Gasteiger partial charge in [-0.05, 0) is 26.2 Å². The van der Waals surface area contributed by atoms with Crippen LogP contribution in [0.2, 0.25) is 0 Å². The number of ether oxygens (including phenoxy) is 6. The van der Waals surface area contributed by atoms with Gasteiger partial charge in [0.05, 0.1) is 65.5 Å². The smallest absolute Gasteiger partial charge is 0.274 e. The molecule has 250 valence electrons. The third-order valence-corrected chi connectivity index (χ3v) is 9.40. The number of methoxy groups -OCH3 is 1. The van der Waals surface area contributed by atoms with Gasteiger partial charge in [-0.15, -0.1) is 0 Å². The van der Waals surface area contributed by atoms with E-state index in [-0.39, 0.29) is 48.3 Å². The van der Waals surface area contributed by atoms with E-state index in [9.17, 15) is 20.3 Å². The van der Waals surface area contributed by atoms with Gasteiger partial charge in [-0.1, -0.05) is 26.0 Å². The highest BCUT2D eigenvalue weighted by atomic mass is 32.2. The quantitative estimate of drug-likeness (QED) is 0.181. The highest BCUT2D eigenvalue weighted by Crippen LogP contribution is 2.32. The number of hydrogen-bond donors (Lipinski definition) is 4. The van der Waals surface area contributed by atoms with Crippen molar-refractivity contribution in [3.63, 3.8) is 0 Å². The molecule has 3 heterocycles. The third-order valence-electron chi connectivity index (χ3n) is 8.16. The first-order chi connectivity index (χ1) is 21.0. The van der Waals surface area contributed by atoms with Crippen LogP contribution in [0.15, 0.2) is 24.3 Å². The molecular formula is C29H47N3O11S. The largest absolute Gasteiger partial charge is 0.392 e. The van der Waals surface area contributed by atoms with E-state index in [2.05, 4.69) is 10.8 Å². The second-order valence-corrected chi connectivity index (χ2v) is 12.7. The maximum atomic E-state index is 11.6. The lowest BCUT2D eigenvalue weighted by atomic mass is 9.97. The second-order valence-electron chi connectivity index (χ2n) is 11.7. The van der Waals surface area contributed by atoms with E-state index in [4.69, 9.17) is 33.3 Å². The van der Waals surface area contributed by atoms with Crippen LogP contribution in [0.4, 0.5) is 5.69 Å². The summed E-state index contributed by atoms with van der Waals surface area (Å²) in [4.78, 5) is 16.9. The van der Waals surface area contributed by atoms with Gasteiger partial charge < -0.3 is 44.0 Å². The number of nitrogens with zero attached hydrogens (tertiary/aromatic N) is 1. The Hall–Kier alpha value is -1.47. The van der Waals surface area contributed by atoms with E-state index >= 15 is 0 Å². The molecule has 0 amide bonds. The first-order valence-electron chi connectivity index (χ1n) is 15.0. The Kier molecular flexibility index (Phi) is 13.2. The molecule has 12 atom stereocenters. The van der Waals surface area contributed by atoms with Crippen molar-refractivity contribution < 1.29 is 48.4 Å². The zero-order valence-electron chi connectivity index (χ0n) is 26.1. The van der Waals surface area contributed by atoms with Gasteiger partial charge in [0.2, 0.25) is 0 Å². The third kappa shape index (κ3) is 8.86. The van der Waals surface area contributed by atoms with Crippen LogP contribution in [0.3, 0.4) is 0 Å².